The van der Waals surface area contributed by atoms with Gasteiger partial charge < -0.3 is 18.9 Å². The Kier molecular flexibility index (Phi) is 20.8. The number of unbranched alkanes of at least 4 members (excludes halogenated alkanes) is 7. The molecule has 0 aromatic carbocycles. The van der Waals surface area contributed by atoms with Crippen molar-refractivity contribution in [3.63, 3.8) is 0 Å². The zero-order valence-electron chi connectivity index (χ0n) is 15.0. The molecule has 0 aliphatic rings. The lowest BCUT2D eigenvalue weighted by molar-refractivity contribution is 0.000914. The largest absolute Gasteiger partial charge is 0.379 e. The SMILES string of the molecule is C#CCOCCOCCOCCOCCCCCCCCCC. The van der Waals surface area contributed by atoms with Crippen molar-refractivity contribution in [2.24, 2.45) is 0 Å². The van der Waals surface area contributed by atoms with Gasteiger partial charge in [-0.05, 0) is 6.42 Å². The second-order valence-corrected chi connectivity index (χ2v) is 5.57. The highest BCUT2D eigenvalue weighted by Gasteiger charge is 1.94. The zero-order chi connectivity index (χ0) is 16.8. The van der Waals surface area contributed by atoms with Crippen LogP contribution in [0.2, 0.25) is 0 Å². The Labute approximate surface area is 143 Å². The molecule has 0 radical (unpaired) electrons. The Morgan fingerprint density at radius 2 is 1.00 bits per heavy atom. The summed E-state index contributed by atoms with van der Waals surface area (Å²) in [5.74, 6) is 2.41. The smallest absolute Gasteiger partial charge is 0.107 e. The monoisotopic (exact) mass is 328 g/mol. The summed E-state index contributed by atoms with van der Waals surface area (Å²) in [5, 5.41) is 0. The van der Waals surface area contributed by atoms with E-state index in [0.717, 1.165) is 13.0 Å². The zero-order valence-corrected chi connectivity index (χ0v) is 15.0. The quantitative estimate of drug-likeness (QED) is 0.267. The first-order valence-corrected chi connectivity index (χ1v) is 9.16. The van der Waals surface area contributed by atoms with Crippen molar-refractivity contribution in [3.05, 3.63) is 0 Å². The van der Waals surface area contributed by atoms with E-state index in [1.165, 1.54) is 44.9 Å². The second kappa shape index (κ2) is 21.4. The minimum Gasteiger partial charge on any atom is -0.379 e. The van der Waals surface area contributed by atoms with Gasteiger partial charge in [-0.1, -0.05) is 57.8 Å². The Balaban J connectivity index is 2.94. The lowest BCUT2D eigenvalue weighted by atomic mass is 10.1. The molecule has 136 valence electrons. The van der Waals surface area contributed by atoms with Crippen molar-refractivity contribution in [2.45, 2.75) is 58.3 Å². The molecule has 0 atom stereocenters. The van der Waals surface area contributed by atoms with Crippen molar-refractivity contribution in [1.29, 1.82) is 0 Å². The number of rotatable bonds is 19. The average Bonchev–Trinajstić information content (AvgIpc) is 2.57. The molecule has 23 heavy (non-hydrogen) atoms. The summed E-state index contributed by atoms with van der Waals surface area (Å²) in [6, 6.07) is 0. The van der Waals surface area contributed by atoms with Gasteiger partial charge in [0.15, 0.2) is 0 Å². The summed E-state index contributed by atoms with van der Waals surface area (Å²) in [6.45, 7) is 7.01. The van der Waals surface area contributed by atoms with Crippen LogP contribution >= 0.6 is 0 Å². The van der Waals surface area contributed by atoms with Gasteiger partial charge in [0, 0.05) is 6.61 Å². The minimum atomic E-state index is 0.343. The Bertz CT molecular complexity index is 250. The molecule has 0 aromatic heterocycles. The molecule has 0 N–H and O–H groups in total. The first-order chi connectivity index (χ1) is 11.4. The van der Waals surface area contributed by atoms with Gasteiger partial charge in [0.05, 0.1) is 39.6 Å². The van der Waals surface area contributed by atoms with Gasteiger partial charge >= 0.3 is 0 Å². The van der Waals surface area contributed by atoms with Crippen molar-refractivity contribution in [2.75, 3.05) is 52.9 Å². The molecule has 0 unspecified atom stereocenters. The standard InChI is InChI=1S/C19H36O4/c1-3-5-6-7-8-9-10-11-13-21-15-17-23-19-18-22-16-14-20-12-4-2/h2H,3,5-19H2,1H3. The molecular weight excluding hydrogens is 292 g/mol. The van der Waals surface area contributed by atoms with Crippen LogP contribution in [0.15, 0.2) is 0 Å². The Morgan fingerprint density at radius 3 is 1.52 bits per heavy atom. The van der Waals surface area contributed by atoms with Gasteiger partial charge in [0.2, 0.25) is 0 Å². The molecule has 0 spiro atoms. The minimum absolute atomic E-state index is 0.343. The van der Waals surface area contributed by atoms with Gasteiger partial charge in [-0.3, -0.25) is 0 Å². The van der Waals surface area contributed by atoms with Crippen LogP contribution in [0, 0.1) is 12.3 Å². The third-order valence-electron chi connectivity index (χ3n) is 3.44. The van der Waals surface area contributed by atoms with Crippen LogP contribution in [0.1, 0.15) is 58.3 Å². The van der Waals surface area contributed by atoms with Crippen LogP contribution in [-0.2, 0) is 18.9 Å². The lowest BCUT2D eigenvalue weighted by Gasteiger charge is -2.07. The first-order valence-electron chi connectivity index (χ1n) is 9.16. The fourth-order valence-electron chi connectivity index (χ4n) is 2.13. The Morgan fingerprint density at radius 1 is 0.565 bits per heavy atom. The maximum Gasteiger partial charge on any atom is 0.107 e. The van der Waals surface area contributed by atoms with E-state index < -0.39 is 0 Å². The van der Waals surface area contributed by atoms with Crippen LogP contribution < -0.4 is 0 Å². The van der Waals surface area contributed by atoms with Gasteiger partial charge in [0.25, 0.3) is 0 Å². The van der Waals surface area contributed by atoms with E-state index in [2.05, 4.69) is 12.8 Å². The van der Waals surface area contributed by atoms with E-state index in [9.17, 15) is 0 Å². The lowest BCUT2D eigenvalue weighted by Crippen LogP contribution is -2.12. The first kappa shape index (κ1) is 22.4. The van der Waals surface area contributed by atoms with Crippen LogP contribution in [-0.4, -0.2) is 52.9 Å². The maximum absolute atomic E-state index is 5.55. The van der Waals surface area contributed by atoms with Crippen molar-refractivity contribution >= 4 is 0 Å². The molecule has 4 heteroatoms. The van der Waals surface area contributed by atoms with Crippen molar-refractivity contribution < 1.29 is 18.9 Å². The molecule has 0 aliphatic carbocycles. The summed E-state index contributed by atoms with van der Waals surface area (Å²) in [5.41, 5.74) is 0. The fraction of sp³-hybridized carbons (Fsp3) is 0.895. The van der Waals surface area contributed by atoms with E-state index in [1.54, 1.807) is 0 Å². The van der Waals surface area contributed by atoms with E-state index in [1.807, 2.05) is 0 Å². The molecule has 0 bridgehead atoms. The molecule has 0 rings (SSSR count). The highest BCUT2D eigenvalue weighted by atomic mass is 16.6. The molecule has 0 fully saturated rings. The number of hydrogen-bond donors (Lipinski definition) is 0. The second-order valence-electron chi connectivity index (χ2n) is 5.57. The van der Waals surface area contributed by atoms with Crippen LogP contribution in [0.25, 0.3) is 0 Å². The molecule has 0 saturated heterocycles. The summed E-state index contributed by atoms with van der Waals surface area (Å²) in [4.78, 5) is 0. The molecule has 0 saturated carbocycles. The average molecular weight is 328 g/mol. The van der Waals surface area contributed by atoms with Crippen LogP contribution in [0.5, 0.6) is 0 Å². The maximum atomic E-state index is 5.55. The number of ether oxygens (including phenoxy) is 4. The molecule has 0 amide bonds. The normalized spacial score (nSPS) is 10.8. The predicted octanol–water partition coefficient (Wildman–Crippen LogP) is 3.83. The summed E-state index contributed by atoms with van der Waals surface area (Å²) >= 11 is 0. The molecule has 0 heterocycles. The molecule has 0 aliphatic heterocycles. The van der Waals surface area contributed by atoms with E-state index in [0.29, 0.717) is 46.2 Å². The molecule has 0 aromatic rings. The van der Waals surface area contributed by atoms with Crippen molar-refractivity contribution in [1.82, 2.24) is 0 Å². The highest BCUT2D eigenvalue weighted by Crippen LogP contribution is 2.08. The molecular formula is C19H36O4. The van der Waals surface area contributed by atoms with Gasteiger partial charge in [-0.25, -0.2) is 0 Å². The van der Waals surface area contributed by atoms with Crippen LogP contribution in [0.4, 0.5) is 0 Å². The summed E-state index contributed by atoms with van der Waals surface area (Å²) in [7, 11) is 0. The van der Waals surface area contributed by atoms with Gasteiger partial charge in [-0.2, -0.15) is 0 Å². The van der Waals surface area contributed by atoms with E-state index in [4.69, 9.17) is 25.4 Å². The predicted molar refractivity (Wildman–Crippen MR) is 94.7 cm³/mol. The third-order valence-corrected chi connectivity index (χ3v) is 3.44. The highest BCUT2D eigenvalue weighted by molar-refractivity contribution is 4.82. The van der Waals surface area contributed by atoms with Gasteiger partial charge in [-0.15, -0.1) is 6.42 Å². The number of hydrogen-bond acceptors (Lipinski definition) is 4. The Hall–Kier alpha value is -0.600. The third kappa shape index (κ3) is 21.4. The fourth-order valence-corrected chi connectivity index (χ4v) is 2.13. The number of terminal acetylenes is 1. The summed E-state index contributed by atoms with van der Waals surface area (Å²) in [6.07, 6.45) is 15.7. The van der Waals surface area contributed by atoms with E-state index in [-0.39, 0.29) is 0 Å². The van der Waals surface area contributed by atoms with Crippen LogP contribution in [0.3, 0.4) is 0 Å². The van der Waals surface area contributed by atoms with Gasteiger partial charge in [0.1, 0.15) is 6.61 Å². The van der Waals surface area contributed by atoms with Crippen molar-refractivity contribution in [3.8, 4) is 12.3 Å². The summed E-state index contributed by atoms with van der Waals surface area (Å²) < 4.78 is 21.4. The van der Waals surface area contributed by atoms with E-state index >= 15 is 0 Å². The topological polar surface area (TPSA) is 36.9 Å². The molecule has 4 nitrogen and oxygen atoms in total.